The first-order chi connectivity index (χ1) is 11.6. The Balaban J connectivity index is 2.15. The number of hydrogen-bond acceptors (Lipinski definition) is 5. The SMILES string of the molecule is COc1cccc(CNC(=O)c2cccnc2SC(F)F)c1OC. The molecule has 1 heterocycles. The van der Waals surface area contributed by atoms with Crippen LogP contribution in [-0.2, 0) is 6.54 Å². The molecule has 0 atom stereocenters. The lowest BCUT2D eigenvalue weighted by Crippen LogP contribution is -2.24. The monoisotopic (exact) mass is 354 g/mol. The Morgan fingerprint density at radius 1 is 1.25 bits per heavy atom. The molecule has 1 amide bonds. The highest BCUT2D eigenvalue weighted by Gasteiger charge is 2.17. The molecular weight excluding hydrogens is 338 g/mol. The predicted molar refractivity (Wildman–Crippen MR) is 86.8 cm³/mol. The van der Waals surface area contributed by atoms with Crippen molar-refractivity contribution in [2.45, 2.75) is 17.3 Å². The standard InChI is InChI=1S/C16H16F2N2O3S/c1-22-12-7-3-5-10(13(12)23-2)9-20-14(21)11-6-4-8-19-15(11)24-16(17)18/h3-8,16H,9H2,1-2H3,(H,20,21). The molecule has 0 aliphatic carbocycles. The van der Waals surface area contributed by atoms with E-state index in [1.165, 1.54) is 32.5 Å². The summed E-state index contributed by atoms with van der Waals surface area (Å²) in [6.45, 7) is 0.160. The smallest absolute Gasteiger partial charge is 0.290 e. The fourth-order valence-electron chi connectivity index (χ4n) is 2.11. The molecule has 0 bridgehead atoms. The third kappa shape index (κ3) is 4.35. The van der Waals surface area contributed by atoms with Gasteiger partial charge in [0.2, 0.25) is 0 Å². The van der Waals surface area contributed by atoms with E-state index in [4.69, 9.17) is 9.47 Å². The van der Waals surface area contributed by atoms with E-state index in [0.29, 0.717) is 17.1 Å². The lowest BCUT2D eigenvalue weighted by Gasteiger charge is -2.13. The van der Waals surface area contributed by atoms with Gasteiger partial charge in [-0.1, -0.05) is 12.1 Å². The van der Waals surface area contributed by atoms with Gasteiger partial charge in [0.15, 0.2) is 11.5 Å². The third-order valence-electron chi connectivity index (χ3n) is 3.14. The van der Waals surface area contributed by atoms with Crippen molar-refractivity contribution in [3.8, 4) is 11.5 Å². The van der Waals surface area contributed by atoms with E-state index in [1.54, 1.807) is 18.2 Å². The number of carbonyl (C=O) groups is 1. The van der Waals surface area contributed by atoms with Gasteiger partial charge in [-0.3, -0.25) is 4.79 Å². The van der Waals surface area contributed by atoms with Crippen LogP contribution in [0, 0.1) is 0 Å². The second-order valence-corrected chi connectivity index (χ2v) is 5.55. The van der Waals surface area contributed by atoms with Crippen LogP contribution in [-0.4, -0.2) is 30.9 Å². The summed E-state index contributed by atoms with van der Waals surface area (Å²) in [5.41, 5.74) is 0.807. The van der Waals surface area contributed by atoms with Gasteiger partial charge in [0.25, 0.3) is 11.7 Å². The maximum Gasteiger partial charge on any atom is 0.290 e. The van der Waals surface area contributed by atoms with E-state index in [9.17, 15) is 13.6 Å². The van der Waals surface area contributed by atoms with Crippen LogP contribution in [0.5, 0.6) is 11.5 Å². The van der Waals surface area contributed by atoms with Crippen LogP contribution in [0.4, 0.5) is 8.78 Å². The topological polar surface area (TPSA) is 60.5 Å². The number of carbonyl (C=O) groups excluding carboxylic acids is 1. The number of rotatable bonds is 7. The highest BCUT2D eigenvalue weighted by atomic mass is 32.2. The van der Waals surface area contributed by atoms with Gasteiger partial charge >= 0.3 is 0 Å². The Morgan fingerprint density at radius 3 is 2.71 bits per heavy atom. The number of thioether (sulfide) groups is 1. The molecule has 1 aromatic heterocycles. The summed E-state index contributed by atoms with van der Waals surface area (Å²) >= 11 is 0.239. The van der Waals surface area contributed by atoms with E-state index >= 15 is 0 Å². The molecule has 2 aromatic rings. The highest BCUT2D eigenvalue weighted by molar-refractivity contribution is 7.99. The fourth-order valence-corrected chi connectivity index (χ4v) is 2.68. The van der Waals surface area contributed by atoms with Crippen LogP contribution < -0.4 is 14.8 Å². The molecule has 1 N–H and O–H groups in total. The minimum absolute atomic E-state index is 0.0115. The van der Waals surface area contributed by atoms with Crippen molar-refractivity contribution in [1.29, 1.82) is 0 Å². The van der Waals surface area contributed by atoms with Crippen LogP contribution in [0.25, 0.3) is 0 Å². The second kappa shape index (κ2) is 8.49. The number of aromatic nitrogens is 1. The minimum atomic E-state index is -2.65. The number of para-hydroxylation sites is 1. The molecule has 0 aliphatic rings. The summed E-state index contributed by atoms with van der Waals surface area (Å²) in [5.74, 6) is -2.09. The van der Waals surface area contributed by atoms with Crippen molar-refractivity contribution in [1.82, 2.24) is 10.3 Å². The number of pyridine rings is 1. The normalized spacial score (nSPS) is 10.5. The van der Waals surface area contributed by atoms with Crippen molar-refractivity contribution in [2.75, 3.05) is 14.2 Å². The maximum atomic E-state index is 12.6. The predicted octanol–water partition coefficient (Wildman–Crippen LogP) is 3.34. The number of nitrogens with zero attached hydrogens (tertiary/aromatic N) is 1. The molecule has 8 heteroatoms. The Kier molecular flexibility index (Phi) is 6.36. The van der Waals surface area contributed by atoms with Crippen molar-refractivity contribution in [3.63, 3.8) is 0 Å². The Hall–Kier alpha value is -2.35. The zero-order valence-electron chi connectivity index (χ0n) is 13.1. The van der Waals surface area contributed by atoms with E-state index in [2.05, 4.69) is 10.3 Å². The van der Waals surface area contributed by atoms with E-state index < -0.39 is 11.7 Å². The van der Waals surface area contributed by atoms with Gasteiger partial charge in [-0.05, 0) is 30.0 Å². The quantitative estimate of drug-likeness (QED) is 0.773. The third-order valence-corrected chi connectivity index (χ3v) is 3.87. The van der Waals surface area contributed by atoms with Crippen LogP contribution in [0.2, 0.25) is 0 Å². The van der Waals surface area contributed by atoms with Crippen molar-refractivity contribution in [2.24, 2.45) is 0 Å². The Morgan fingerprint density at radius 2 is 2.04 bits per heavy atom. The van der Waals surface area contributed by atoms with Crippen molar-refractivity contribution in [3.05, 3.63) is 47.7 Å². The van der Waals surface area contributed by atoms with E-state index in [0.717, 1.165) is 0 Å². The van der Waals surface area contributed by atoms with Gasteiger partial charge in [-0.25, -0.2) is 4.98 Å². The van der Waals surface area contributed by atoms with Crippen molar-refractivity contribution >= 4 is 17.7 Å². The first kappa shape index (κ1) is 18.0. The van der Waals surface area contributed by atoms with Crippen molar-refractivity contribution < 1.29 is 23.0 Å². The summed E-state index contributed by atoms with van der Waals surface area (Å²) < 4.78 is 35.6. The van der Waals surface area contributed by atoms with Crippen LogP contribution in [0.15, 0.2) is 41.6 Å². The molecule has 5 nitrogen and oxygen atoms in total. The largest absolute Gasteiger partial charge is 0.493 e. The first-order valence-corrected chi connectivity index (χ1v) is 7.82. The van der Waals surface area contributed by atoms with Gasteiger partial charge in [0, 0.05) is 18.3 Å². The number of benzene rings is 1. The summed E-state index contributed by atoms with van der Waals surface area (Å²) in [4.78, 5) is 16.1. The molecule has 0 saturated carbocycles. The minimum Gasteiger partial charge on any atom is -0.493 e. The molecule has 128 valence electrons. The number of ether oxygens (including phenoxy) is 2. The van der Waals surface area contributed by atoms with Gasteiger partial charge < -0.3 is 14.8 Å². The summed E-state index contributed by atoms with van der Waals surface area (Å²) in [6.07, 6.45) is 1.37. The molecular formula is C16H16F2N2O3S. The number of methoxy groups -OCH3 is 2. The molecule has 0 fully saturated rings. The zero-order valence-corrected chi connectivity index (χ0v) is 13.9. The fraction of sp³-hybridized carbons (Fsp3) is 0.250. The molecule has 0 unspecified atom stereocenters. The number of amides is 1. The number of nitrogens with one attached hydrogen (secondary N) is 1. The molecule has 2 rings (SSSR count). The zero-order chi connectivity index (χ0) is 17.5. The van der Waals surface area contributed by atoms with Gasteiger partial charge in [-0.2, -0.15) is 8.78 Å². The summed E-state index contributed by atoms with van der Waals surface area (Å²) in [6, 6.07) is 8.26. The number of halogens is 2. The molecule has 0 spiro atoms. The highest BCUT2D eigenvalue weighted by Crippen LogP contribution is 2.31. The lowest BCUT2D eigenvalue weighted by atomic mass is 10.1. The van der Waals surface area contributed by atoms with Gasteiger partial charge in [0.1, 0.15) is 5.03 Å². The molecule has 0 saturated heterocycles. The average Bonchev–Trinajstić information content (AvgIpc) is 2.59. The summed E-state index contributed by atoms with van der Waals surface area (Å²) in [5, 5.41) is 2.67. The van der Waals surface area contributed by atoms with E-state index in [1.807, 2.05) is 0 Å². The lowest BCUT2D eigenvalue weighted by molar-refractivity contribution is 0.0947. The Labute approximate surface area is 142 Å². The number of alkyl halides is 2. The van der Waals surface area contributed by atoms with Crippen LogP contribution >= 0.6 is 11.8 Å². The van der Waals surface area contributed by atoms with Gasteiger partial charge in [-0.15, -0.1) is 0 Å². The molecule has 1 aromatic carbocycles. The van der Waals surface area contributed by atoms with Crippen LogP contribution in [0.3, 0.4) is 0 Å². The first-order valence-electron chi connectivity index (χ1n) is 6.94. The number of hydrogen-bond donors (Lipinski definition) is 1. The van der Waals surface area contributed by atoms with Crippen LogP contribution in [0.1, 0.15) is 15.9 Å². The van der Waals surface area contributed by atoms with E-state index in [-0.39, 0.29) is 28.9 Å². The average molecular weight is 354 g/mol. The Bertz CT molecular complexity index is 713. The molecule has 24 heavy (non-hydrogen) atoms. The second-order valence-electron chi connectivity index (χ2n) is 4.57. The molecule has 0 radical (unpaired) electrons. The molecule has 0 aliphatic heterocycles. The maximum absolute atomic E-state index is 12.6. The van der Waals surface area contributed by atoms with Gasteiger partial charge in [0.05, 0.1) is 19.8 Å². The summed E-state index contributed by atoms with van der Waals surface area (Å²) in [7, 11) is 3.02.